The number of carbonyl (C=O) groups is 1. The monoisotopic (exact) mass is 212 g/mol. The zero-order valence-electron chi connectivity index (χ0n) is 9.58. The number of amides is 1. The highest BCUT2D eigenvalue weighted by Gasteiger charge is 2.13. The summed E-state index contributed by atoms with van der Waals surface area (Å²) in [6.07, 6.45) is 2.38. The van der Waals surface area contributed by atoms with Crippen LogP contribution in [0.5, 0.6) is 0 Å². The Balaban J connectivity index is 3.43. The molecule has 0 fully saturated rings. The molecule has 4 heteroatoms. The van der Waals surface area contributed by atoms with Crippen molar-refractivity contribution >= 4 is 5.91 Å². The fourth-order valence-electron chi connectivity index (χ4n) is 1.09. The van der Waals surface area contributed by atoms with Crippen molar-refractivity contribution < 1.29 is 9.53 Å². The standard InChI is InChI=1S/C11H20N2O2/c1-3-7-15-8-5-6-13-11(14)10(4-2)9-12/h10H,3-8H2,1-2H3,(H,13,14). The van der Waals surface area contributed by atoms with Gasteiger partial charge in [-0.3, -0.25) is 4.79 Å². The first-order chi connectivity index (χ1) is 7.26. The molecule has 0 saturated carbocycles. The molecule has 4 nitrogen and oxygen atoms in total. The summed E-state index contributed by atoms with van der Waals surface area (Å²) in [4.78, 5) is 11.3. The summed E-state index contributed by atoms with van der Waals surface area (Å²) < 4.78 is 5.26. The van der Waals surface area contributed by atoms with Gasteiger partial charge in [-0.15, -0.1) is 0 Å². The Morgan fingerprint density at radius 1 is 1.47 bits per heavy atom. The second-order valence-electron chi connectivity index (χ2n) is 3.35. The van der Waals surface area contributed by atoms with Crippen LogP contribution in [0.3, 0.4) is 0 Å². The maximum Gasteiger partial charge on any atom is 0.237 e. The average Bonchev–Trinajstić information content (AvgIpc) is 2.25. The van der Waals surface area contributed by atoms with E-state index < -0.39 is 5.92 Å². The van der Waals surface area contributed by atoms with Gasteiger partial charge in [0.1, 0.15) is 5.92 Å². The van der Waals surface area contributed by atoms with E-state index in [2.05, 4.69) is 12.2 Å². The quantitative estimate of drug-likeness (QED) is 0.620. The maximum absolute atomic E-state index is 11.3. The molecule has 0 bridgehead atoms. The summed E-state index contributed by atoms with van der Waals surface area (Å²) in [5.41, 5.74) is 0. The summed E-state index contributed by atoms with van der Waals surface area (Å²) >= 11 is 0. The molecule has 0 aromatic heterocycles. The number of ether oxygens (including phenoxy) is 1. The molecule has 86 valence electrons. The largest absolute Gasteiger partial charge is 0.381 e. The van der Waals surface area contributed by atoms with Crippen LogP contribution in [0.4, 0.5) is 0 Å². The van der Waals surface area contributed by atoms with Gasteiger partial charge in [-0.1, -0.05) is 13.8 Å². The van der Waals surface area contributed by atoms with Crippen molar-refractivity contribution in [1.29, 1.82) is 5.26 Å². The first-order valence-electron chi connectivity index (χ1n) is 5.51. The van der Waals surface area contributed by atoms with Crippen molar-refractivity contribution in [2.75, 3.05) is 19.8 Å². The molecule has 1 amide bonds. The van der Waals surface area contributed by atoms with E-state index in [0.717, 1.165) is 19.4 Å². The molecule has 0 radical (unpaired) electrons. The summed E-state index contributed by atoms with van der Waals surface area (Å²) in [6.45, 7) is 5.90. The van der Waals surface area contributed by atoms with E-state index in [9.17, 15) is 4.79 Å². The van der Waals surface area contributed by atoms with Gasteiger partial charge in [-0.25, -0.2) is 0 Å². The molecule has 1 N–H and O–H groups in total. The number of nitrogens with one attached hydrogen (secondary N) is 1. The molecule has 0 aromatic carbocycles. The summed E-state index contributed by atoms with van der Waals surface area (Å²) in [7, 11) is 0. The fraction of sp³-hybridized carbons (Fsp3) is 0.818. The number of nitriles is 1. The Kier molecular flexibility index (Phi) is 8.79. The zero-order valence-corrected chi connectivity index (χ0v) is 9.58. The minimum atomic E-state index is -0.512. The molecule has 0 aromatic rings. The lowest BCUT2D eigenvalue weighted by Gasteiger charge is -2.08. The number of hydrogen-bond acceptors (Lipinski definition) is 3. The van der Waals surface area contributed by atoms with Crippen molar-refractivity contribution in [2.24, 2.45) is 5.92 Å². The molecule has 1 atom stereocenters. The van der Waals surface area contributed by atoms with E-state index in [0.29, 0.717) is 19.6 Å². The third-order valence-corrected chi connectivity index (χ3v) is 1.99. The zero-order chi connectivity index (χ0) is 11.5. The Hall–Kier alpha value is -1.08. The highest BCUT2D eigenvalue weighted by Crippen LogP contribution is 1.99. The normalized spacial score (nSPS) is 11.8. The molecule has 0 rings (SSSR count). The van der Waals surface area contributed by atoms with Crippen LogP contribution in [0.2, 0.25) is 0 Å². The van der Waals surface area contributed by atoms with Crippen LogP contribution in [0.15, 0.2) is 0 Å². The second-order valence-corrected chi connectivity index (χ2v) is 3.35. The van der Waals surface area contributed by atoms with Gasteiger partial charge in [0.05, 0.1) is 6.07 Å². The highest BCUT2D eigenvalue weighted by molar-refractivity contribution is 5.80. The van der Waals surface area contributed by atoms with Crippen LogP contribution in [-0.4, -0.2) is 25.7 Å². The Labute approximate surface area is 91.6 Å². The first-order valence-corrected chi connectivity index (χ1v) is 5.51. The molecule has 0 aliphatic heterocycles. The number of nitrogens with zero attached hydrogens (tertiary/aromatic N) is 1. The van der Waals surface area contributed by atoms with Crippen molar-refractivity contribution in [3.63, 3.8) is 0 Å². The third-order valence-electron chi connectivity index (χ3n) is 1.99. The Morgan fingerprint density at radius 3 is 2.73 bits per heavy atom. The predicted molar refractivity (Wildman–Crippen MR) is 58.1 cm³/mol. The summed E-state index contributed by atoms with van der Waals surface area (Å²) in [5, 5.41) is 11.4. The van der Waals surface area contributed by atoms with Gasteiger partial charge in [-0.05, 0) is 19.3 Å². The van der Waals surface area contributed by atoms with E-state index in [1.54, 1.807) is 0 Å². The molecule has 0 aliphatic rings. The molecular formula is C11H20N2O2. The minimum Gasteiger partial charge on any atom is -0.381 e. The number of rotatable bonds is 8. The van der Waals surface area contributed by atoms with E-state index in [1.807, 2.05) is 13.0 Å². The van der Waals surface area contributed by atoms with Crippen LogP contribution in [0.25, 0.3) is 0 Å². The van der Waals surface area contributed by atoms with Gasteiger partial charge in [0.15, 0.2) is 0 Å². The molecule has 1 unspecified atom stereocenters. The Morgan fingerprint density at radius 2 is 2.20 bits per heavy atom. The molecular weight excluding hydrogens is 192 g/mol. The van der Waals surface area contributed by atoms with Crippen LogP contribution in [0, 0.1) is 17.2 Å². The number of hydrogen-bond donors (Lipinski definition) is 1. The minimum absolute atomic E-state index is 0.171. The van der Waals surface area contributed by atoms with E-state index in [1.165, 1.54) is 0 Å². The Bertz CT molecular complexity index is 211. The molecule has 0 spiro atoms. The second kappa shape index (κ2) is 9.47. The summed E-state index contributed by atoms with van der Waals surface area (Å²) in [6, 6.07) is 1.97. The van der Waals surface area contributed by atoms with E-state index in [-0.39, 0.29) is 5.91 Å². The van der Waals surface area contributed by atoms with Crippen molar-refractivity contribution in [1.82, 2.24) is 5.32 Å². The van der Waals surface area contributed by atoms with Crippen molar-refractivity contribution in [2.45, 2.75) is 33.1 Å². The van der Waals surface area contributed by atoms with Gasteiger partial charge < -0.3 is 10.1 Å². The van der Waals surface area contributed by atoms with E-state index in [4.69, 9.17) is 10.00 Å². The SMILES string of the molecule is CCCOCCCNC(=O)C(C#N)CC. The van der Waals surface area contributed by atoms with Gasteiger partial charge in [-0.2, -0.15) is 5.26 Å². The topological polar surface area (TPSA) is 62.1 Å². The third kappa shape index (κ3) is 6.92. The van der Waals surface area contributed by atoms with Crippen LogP contribution < -0.4 is 5.32 Å². The molecule has 0 heterocycles. The van der Waals surface area contributed by atoms with E-state index >= 15 is 0 Å². The van der Waals surface area contributed by atoms with Gasteiger partial charge in [0, 0.05) is 19.8 Å². The molecule has 0 aliphatic carbocycles. The molecule has 0 saturated heterocycles. The van der Waals surface area contributed by atoms with Gasteiger partial charge in [0.25, 0.3) is 0 Å². The van der Waals surface area contributed by atoms with Crippen molar-refractivity contribution in [3.8, 4) is 6.07 Å². The van der Waals surface area contributed by atoms with Crippen molar-refractivity contribution in [3.05, 3.63) is 0 Å². The lowest BCUT2D eigenvalue weighted by molar-refractivity contribution is -0.123. The van der Waals surface area contributed by atoms with Crippen LogP contribution >= 0.6 is 0 Å². The van der Waals surface area contributed by atoms with Gasteiger partial charge in [0.2, 0.25) is 5.91 Å². The van der Waals surface area contributed by atoms with Crippen LogP contribution in [-0.2, 0) is 9.53 Å². The lowest BCUT2D eigenvalue weighted by Crippen LogP contribution is -2.30. The number of carbonyl (C=O) groups excluding carboxylic acids is 1. The highest BCUT2D eigenvalue weighted by atomic mass is 16.5. The smallest absolute Gasteiger partial charge is 0.237 e. The fourth-order valence-corrected chi connectivity index (χ4v) is 1.09. The maximum atomic E-state index is 11.3. The summed E-state index contributed by atoms with van der Waals surface area (Å²) in [5.74, 6) is -0.683. The molecule has 15 heavy (non-hydrogen) atoms. The van der Waals surface area contributed by atoms with Crippen LogP contribution in [0.1, 0.15) is 33.1 Å². The lowest BCUT2D eigenvalue weighted by atomic mass is 10.1. The predicted octanol–water partition coefficient (Wildman–Crippen LogP) is 1.47. The average molecular weight is 212 g/mol. The first kappa shape index (κ1) is 13.9. The van der Waals surface area contributed by atoms with Gasteiger partial charge >= 0.3 is 0 Å².